The van der Waals surface area contributed by atoms with Gasteiger partial charge in [-0.3, -0.25) is 0 Å². The molecule has 0 amide bonds. The molecule has 0 atom stereocenters. The Morgan fingerprint density at radius 2 is 1.56 bits per heavy atom. The van der Waals surface area contributed by atoms with Crippen LogP contribution in [0.15, 0.2) is 59.0 Å². The molecule has 0 aliphatic heterocycles. The van der Waals surface area contributed by atoms with Gasteiger partial charge in [0, 0.05) is 39.6 Å². The van der Waals surface area contributed by atoms with Gasteiger partial charge in [0.1, 0.15) is 11.2 Å². The van der Waals surface area contributed by atoms with Crippen molar-refractivity contribution in [2.24, 2.45) is 7.05 Å². The number of furan rings is 1. The molecule has 25 heavy (non-hydrogen) atoms. The average molecular weight is 327 g/mol. The van der Waals surface area contributed by atoms with E-state index in [1.54, 1.807) is 0 Å². The fourth-order valence-corrected chi connectivity index (χ4v) is 3.97. The van der Waals surface area contributed by atoms with Crippen molar-refractivity contribution in [2.45, 2.75) is 26.2 Å². The van der Waals surface area contributed by atoms with Crippen LogP contribution in [0.2, 0.25) is 0 Å². The lowest BCUT2D eigenvalue weighted by molar-refractivity contribution is 0.591. The Bertz CT molecular complexity index is 1280. The zero-order valence-corrected chi connectivity index (χ0v) is 15.1. The molecule has 0 spiro atoms. The zero-order valence-electron chi connectivity index (χ0n) is 15.1. The van der Waals surface area contributed by atoms with Crippen molar-refractivity contribution >= 4 is 43.7 Å². The first-order valence-corrected chi connectivity index (χ1v) is 8.78. The summed E-state index contributed by atoms with van der Waals surface area (Å²) in [6.07, 6.45) is 0. The van der Waals surface area contributed by atoms with Gasteiger partial charge in [0.15, 0.2) is 0 Å². The van der Waals surface area contributed by atoms with Crippen LogP contribution < -0.4 is 0 Å². The molecule has 0 fully saturated rings. The second kappa shape index (κ2) is 4.66. The van der Waals surface area contributed by atoms with Crippen molar-refractivity contribution in [3.05, 3.63) is 60.2 Å². The van der Waals surface area contributed by atoms with E-state index >= 15 is 0 Å². The van der Waals surface area contributed by atoms with Gasteiger partial charge in [0.05, 0.1) is 0 Å². The maximum Gasteiger partial charge on any atom is 0.136 e. The van der Waals surface area contributed by atoms with Gasteiger partial charge in [-0.15, -0.1) is 0 Å². The number of rotatable bonds is 0. The van der Waals surface area contributed by atoms with Crippen LogP contribution in [-0.2, 0) is 12.5 Å². The molecule has 3 aromatic carbocycles. The molecular formula is C23H21NO. The fourth-order valence-electron chi connectivity index (χ4n) is 3.97. The van der Waals surface area contributed by atoms with Gasteiger partial charge in [-0.1, -0.05) is 51.1 Å². The summed E-state index contributed by atoms with van der Waals surface area (Å²) in [5, 5.41) is 5.00. The van der Waals surface area contributed by atoms with E-state index in [2.05, 4.69) is 74.9 Å². The molecule has 0 unspecified atom stereocenters. The number of hydrogen-bond donors (Lipinski definition) is 0. The monoisotopic (exact) mass is 327 g/mol. The van der Waals surface area contributed by atoms with Crippen LogP contribution in [0.25, 0.3) is 43.7 Å². The van der Waals surface area contributed by atoms with E-state index in [1.165, 1.54) is 38.1 Å². The smallest absolute Gasteiger partial charge is 0.136 e. The minimum atomic E-state index is 0.141. The molecule has 0 bridgehead atoms. The Hall–Kier alpha value is -2.74. The maximum absolute atomic E-state index is 6.09. The van der Waals surface area contributed by atoms with Gasteiger partial charge in [-0.05, 0) is 35.2 Å². The highest BCUT2D eigenvalue weighted by Gasteiger charge is 2.19. The van der Waals surface area contributed by atoms with E-state index < -0.39 is 0 Å². The summed E-state index contributed by atoms with van der Waals surface area (Å²) < 4.78 is 8.39. The predicted octanol–water partition coefficient (Wildman–Crippen LogP) is 6.53. The van der Waals surface area contributed by atoms with Crippen LogP contribution in [0.3, 0.4) is 0 Å². The first-order chi connectivity index (χ1) is 11.9. The molecule has 0 saturated carbocycles. The lowest BCUT2D eigenvalue weighted by Crippen LogP contribution is -2.10. The molecule has 2 heterocycles. The van der Waals surface area contributed by atoms with Crippen LogP contribution in [0.4, 0.5) is 0 Å². The highest BCUT2D eigenvalue weighted by Crippen LogP contribution is 2.40. The highest BCUT2D eigenvalue weighted by atomic mass is 16.3. The molecule has 2 heteroatoms. The van der Waals surface area contributed by atoms with Gasteiger partial charge in [-0.25, -0.2) is 0 Å². The summed E-state index contributed by atoms with van der Waals surface area (Å²) in [5.74, 6) is 0. The Morgan fingerprint density at radius 1 is 0.760 bits per heavy atom. The molecule has 0 aliphatic rings. The second-order valence-electron chi connectivity index (χ2n) is 7.97. The van der Waals surface area contributed by atoms with Crippen molar-refractivity contribution in [3.8, 4) is 0 Å². The van der Waals surface area contributed by atoms with E-state index in [9.17, 15) is 0 Å². The lowest BCUT2D eigenvalue weighted by atomic mass is 9.86. The third kappa shape index (κ3) is 1.91. The normalized spacial score (nSPS) is 12.8. The number of para-hydroxylation sites is 1. The summed E-state index contributed by atoms with van der Waals surface area (Å²) in [7, 11) is 2.16. The largest absolute Gasteiger partial charge is 0.456 e. The topological polar surface area (TPSA) is 18.1 Å². The second-order valence-corrected chi connectivity index (χ2v) is 7.97. The Labute approximate surface area is 146 Å². The number of nitrogens with zero attached hydrogens (tertiary/aromatic N) is 1. The van der Waals surface area contributed by atoms with Crippen LogP contribution in [0.5, 0.6) is 0 Å². The van der Waals surface area contributed by atoms with Gasteiger partial charge in [0.2, 0.25) is 0 Å². The minimum Gasteiger partial charge on any atom is -0.456 e. The number of aromatic nitrogens is 1. The molecule has 5 rings (SSSR count). The summed E-state index contributed by atoms with van der Waals surface area (Å²) in [6.45, 7) is 6.79. The van der Waals surface area contributed by atoms with E-state index in [0.717, 1.165) is 11.2 Å². The highest BCUT2D eigenvalue weighted by molar-refractivity contribution is 6.26. The van der Waals surface area contributed by atoms with Crippen molar-refractivity contribution in [3.63, 3.8) is 0 Å². The van der Waals surface area contributed by atoms with Crippen LogP contribution in [0, 0.1) is 0 Å². The zero-order chi connectivity index (χ0) is 17.3. The Kier molecular flexibility index (Phi) is 2.72. The first-order valence-electron chi connectivity index (χ1n) is 8.78. The Morgan fingerprint density at radius 3 is 2.36 bits per heavy atom. The van der Waals surface area contributed by atoms with Gasteiger partial charge < -0.3 is 8.98 Å². The average Bonchev–Trinajstić information content (AvgIpc) is 3.10. The van der Waals surface area contributed by atoms with E-state index in [-0.39, 0.29) is 5.41 Å². The van der Waals surface area contributed by atoms with Gasteiger partial charge in [0.25, 0.3) is 0 Å². The van der Waals surface area contributed by atoms with Crippen LogP contribution in [-0.4, -0.2) is 4.57 Å². The maximum atomic E-state index is 6.09. The molecule has 5 aromatic rings. The van der Waals surface area contributed by atoms with Crippen molar-refractivity contribution < 1.29 is 4.42 Å². The molecule has 2 aromatic heterocycles. The Balaban J connectivity index is 2.02. The van der Waals surface area contributed by atoms with E-state index in [0.29, 0.717) is 0 Å². The van der Waals surface area contributed by atoms with Crippen LogP contribution >= 0.6 is 0 Å². The van der Waals surface area contributed by atoms with Crippen molar-refractivity contribution in [1.29, 1.82) is 0 Å². The molecule has 2 nitrogen and oxygen atoms in total. The molecule has 0 N–H and O–H groups in total. The minimum absolute atomic E-state index is 0.141. The fraction of sp³-hybridized carbons (Fsp3) is 0.217. The molecular weight excluding hydrogens is 306 g/mol. The molecule has 0 saturated heterocycles. The molecule has 124 valence electrons. The van der Waals surface area contributed by atoms with E-state index in [1.807, 2.05) is 12.1 Å². The number of aryl methyl sites for hydroxylation is 1. The van der Waals surface area contributed by atoms with Crippen molar-refractivity contribution in [1.82, 2.24) is 4.57 Å². The summed E-state index contributed by atoms with van der Waals surface area (Å²) >= 11 is 0. The summed E-state index contributed by atoms with van der Waals surface area (Å²) in [5.41, 5.74) is 5.94. The number of fused-ring (bicyclic) bond motifs is 7. The first kappa shape index (κ1) is 14.6. The summed E-state index contributed by atoms with van der Waals surface area (Å²) in [4.78, 5) is 0. The number of hydrogen-bond acceptors (Lipinski definition) is 1. The molecule has 0 radical (unpaired) electrons. The quantitative estimate of drug-likeness (QED) is 0.316. The predicted molar refractivity (Wildman–Crippen MR) is 106 cm³/mol. The standard InChI is InChI=1S/C23H21NO/c1-23(2,3)14-9-10-15-18(13-14)24(4)17-11-12-20-22(21(15)17)16-7-5-6-8-19(16)25-20/h5-13H,1-4H3. The number of benzene rings is 3. The third-order valence-corrected chi connectivity index (χ3v) is 5.38. The van der Waals surface area contributed by atoms with E-state index in [4.69, 9.17) is 4.42 Å². The lowest BCUT2D eigenvalue weighted by Gasteiger charge is -2.19. The van der Waals surface area contributed by atoms with Crippen molar-refractivity contribution in [2.75, 3.05) is 0 Å². The van der Waals surface area contributed by atoms with Gasteiger partial charge >= 0.3 is 0 Å². The SMILES string of the molecule is Cn1c2cc(C(C)(C)C)ccc2c2c3c(ccc21)oc1ccccc13. The molecule has 0 aliphatic carbocycles. The van der Waals surface area contributed by atoms with Crippen LogP contribution in [0.1, 0.15) is 26.3 Å². The van der Waals surface area contributed by atoms with Gasteiger partial charge in [-0.2, -0.15) is 0 Å². The third-order valence-electron chi connectivity index (χ3n) is 5.38. The summed E-state index contributed by atoms with van der Waals surface area (Å²) in [6, 6.07) is 19.5.